The van der Waals surface area contributed by atoms with Crippen LogP contribution in [-0.2, 0) is 28.8 Å². The fourth-order valence-corrected chi connectivity index (χ4v) is 9.04. The summed E-state index contributed by atoms with van der Waals surface area (Å²) in [5.41, 5.74) is -0.304. The number of pyridine rings is 1. The van der Waals surface area contributed by atoms with Crippen LogP contribution in [0.2, 0.25) is 0 Å². The van der Waals surface area contributed by atoms with Gasteiger partial charge in [-0.05, 0) is 6.07 Å². The molecule has 2 aromatic heterocycles. The molecule has 4 heterocycles. The number of carbonyl (C=O) groups excluding carboxylic acids is 1. The molecule has 4 atom stereocenters. The van der Waals surface area contributed by atoms with Crippen molar-refractivity contribution in [3.05, 3.63) is 33.6 Å². The molecule has 0 aliphatic carbocycles. The molecule has 30 heavy (non-hydrogen) atoms. The number of imidazole rings is 1. The number of alkyl halides is 3. The first-order valence-electron chi connectivity index (χ1n) is 9.19. The molecule has 0 spiro atoms. The molecule has 0 fully saturated rings. The lowest BCUT2D eigenvalue weighted by Gasteiger charge is -2.22. The predicted octanol–water partition coefficient (Wildman–Crippen LogP) is 3.38. The maximum absolute atomic E-state index is 13.1. The van der Waals surface area contributed by atoms with Gasteiger partial charge in [-0.1, -0.05) is 6.92 Å². The average molecular weight is 477 g/mol. The minimum absolute atomic E-state index is 0.139. The van der Waals surface area contributed by atoms with Crippen LogP contribution in [0.5, 0.6) is 0 Å². The molecular weight excluding hydrogens is 457 g/mol. The Morgan fingerprint density at radius 1 is 1.40 bits per heavy atom. The summed E-state index contributed by atoms with van der Waals surface area (Å²) in [6.07, 6.45) is -3.37. The van der Waals surface area contributed by atoms with E-state index in [4.69, 9.17) is 0 Å². The largest absolute Gasteiger partial charge is 0.433 e. The van der Waals surface area contributed by atoms with Gasteiger partial charge in [-0.15, -0.1) is 23.5 Å². The SMILES string of the molecule is CCS(=O)C1C2=C(SC1c1nc3cc(C(F)(F)F)ncc3n1C)C(NC(C)=O)CS2. The second kappa shape index (κ2) is 7.86. The Balaban J connectivity index is 1.76. The Hall–Kier alpha value is -1.53. The molecule has 1 N–H and O–H groups in total. The maximum atomic E-state index is 13.1. The van der Waals surface area contributed by atoms with E-state index in [0.29, 0.717) is 22.8 Å². The molecule has 0 aromatic carbocycles. The fourth-order valence-electron chi connectivity index (χ4n) is 3.68. The van der Waals surface area contributed by atoms with Gasteiger partial charge >= 0.3 is 6.18 Å². The predicted molar refractivity (Wildman–Crippen MR) is 113 cm³/mol. The third-order valence-electron chi connectivity index (χ3n) is 5.04. The van der Waals surface area contributed by atoms with Gasteiger partial charge < -0.3 is 9.88 Å². The summed E-state index contributed by atoms with van der Waals surface area (Å²) in [7, 11) is 0.549. The summed E-state index contributed by atoms with van der Waals surface area (Å²) in [6.45, 7) is 3.30. The number of thioether (sulfide) groups is 2. The highest BCUT2D eigenvalue weighted by Gasteiger charge is 2.47. The van der Waals surface area contributed by atoms with Crippen LogP contribution in [0.1, 0.15) is 30.6 Å². The van der Waals surface area contributed by atoms with Gasteiger partial charge in [0, 0.05) is 46.1 Å². The zero-order chi connectivity index (χ0) is 21.8. The van der Waals surface area contributed by atoms with Gasteiger partial charge in [0.05, 0.1) is 33.8 Å². The molecule has 2 aliphatic heterocycles. The number of rotatable bonds is 4. The minimum Gasteiger partial charge on any atom is -0.348 e. The molecule has 1 amide bonds. The standard InChI is InChI=1S/C18H19F3N4O2S3/c1-4-30(27)16-14-13(10(7-28-14)23-8(2)26)29-15(16)17-24-9-5-12(18(19,20)21)22-6-11(9)25(17)3/h5-6,10,15-16H,4,7H2,1-3H3,(H,23,26). The van der Waals surface area contributed by atoms with E-state index in [1.807, 2.05) is 6.92 Å². The van der Waals surface area contributed by atoms with E-state index < -0.39 is 22.7 Å². The lowest BCUT2D eigenvalue weighted by molar-refractivity contribution is -0.141. The molecule has 0 bridgehead atoms. The molecule has 12 heteroatoms. The smallest absolute Gasteiger partial charge is 0.348 e. The number of hydrogen-bond donors (Lipinski definition) is 1. The lowest BCUT2D eigenvalue weighted by Crippen LogP contribution is -2.34. The van der Waals surface area contributed by atoms with E-state index in [2.05, 4.69) is 15.3 Å². The normalized spacial score (nSPS) is 25.1. The van der Waals surface area contributed by atoms with Crippen molar-refractivity contribution in [2.24, 2.45) is 7.05 Å². The van der Waals surface area contributed by atoms with Crippen molar-refractivity contribution in [2.75, 3.05) is 11.5 Å². The Kier molecular flexibility index (Phi) is 5.69. The molecular formula is C18H19F3N4O2S3. The van der Waals surface area contributed by atoms with Crippen molar-refractivity contribution in [3.63, 3.8) is 0 Å². The van der Waals surface area contributed by atoms with E-state index in [-0.39, 0.29) is 28.0 Å². The van der Waals surface area contributed by atoms with E-state index in [1.54, 1.807) is 23.4 Å². The molecule has 0 saturated heterocycles. The van der Waals surface area contributed by atoms with Gasteiger partial charge in [0.15, 0.2) is 0 Å². The van der Waals surface area contributed by atoms with Crippen LogP contribution in [0.15, 0.2) is 22.1 Å². The first-order chi connectivity index (χ1) is 14.1. The molecule has 6 nitrogen and oxygen atoms in total. The van der Waals surface area contributed by atoms with Crippen molar-refractivity contribution in [1.29, 1.82) is 0 Å². The van der Waals surface area contributed by atoms with E-state index in [0.717, 1.165) is 15.9 Å². The van der Waals surface area contributed by atoms with Crippen LogP contribution in [0.25, 0.3) is 11.0 Å². The number of amides is 1. The molecule has 2 aromatic rings. The summed E-state index contributed by atoms with van der Waals surface area (Å²) >= 11 is 3.09. The van der Waals surface area contributed by atoms with Gasteiger partial charge in [0.25, 0.3) is 0 Å². The summed E-state index contributed by atoms with van der Waals surface area (Å²) < 4.78 is 53.8. The van der Waals surface area contributed by atoms with E-state index in [9.17, 15) is 22.2 Å². The number of halogens is 3. The first kappa shape index (κ1) is 21.7. The van der Waals surface area contributed by atoms with Gasteiger partial charge in [-0.3, -0.25) is 9.00 Å². The number of hydrogen-bond acceptors (Lipinski definition) is 6. The fraction of sp³-hybridized carbons (Fsp3) is 0.500. The highest BCUT2D eigenvalue weighted by Crippen LogP contribution is 2.57. The van der Waals surface area contributed by atoms with Gasteiger partial charge in [0.2, 0.25) is 5.91 Å². The van der Waals surface area contributed by atoms with E-state index in [1.165, 1.54) is 24.9 Å². The molecule has 4 rings (SSSR count). The molecule has 0 radical (unpaired) electrons. The molecule has 162 valence electrons. The molecule has 2 aliphatic rings. The number of aromatic nitrogens is 3. The van der Waals surface area contributed by atoms with Gasteiger partial charge in [-0.2, -0.15) is 13.2 Å². The van der Waals surface area contributed by atoms with Crippen molar-refractivity contribution in [3.8, 4) is 0 Å². The van der Waals surface area contributed by atoms with Crippen molar-refractivity contribution in [1.82, 2.24) is 19.9 Å². The summed E-state index contributed by atoms with van der Waals surface area (Å²) in [4.78, 5) is 21.6. The zero-order valence-electron chi connectivity index (χ0n) is 16.3. The first-order valence-corrected chi connectivity index (χ1v) is 12.4. The summed E-state index contributed by atoms with van der Waals surface area (Å²) in [5.74, 6) is 1.55. The van der Waals surface area contributed by atoms with Crippen LogP contribution in [-0.4, -0.2) is 47.4 Å². The summed E-state index contributed by atoms with van der Waals surface area (Å²) in [6, 6.07) is 0.794. The number of fused-ring (bicyclic) bond motifs is 1. The summed E-state index contributed by atoms with van der Waals surface area (Å²) in [5, 5.41) is 2.30. The van der Waals surface area contributed by atoms with Crippen LogP contribution in [0.3, 0.4) is 0 Å². The third kappa shape index (κ3) is 3.66. The van der Waals surface area contributed by atoms with Gasteiger partial charge in [-0.25, -0.2) is 9.97 Å². The number of aryl methyl sites for hydroxylation is 1. The number of nitrogens with zero attached hydrogens (tertiary/aromatic N) is 3. The van der Waals surface area contributed by atoms with E-state index >= 15 is 0 Å². The molecule has 4 unspecified atom stereocenters. The highest BCUT2D eigenvalue weighted by molar-refractivity contribution is 8.10. The quantitative estimate of drug-likeness (QED) is 0.729. The van der Waals surface area contributed by atoms with Crippen molar-refractivity contribution in [2.45, 2.75) is 36.6 Å². The Labute approximate surface area is 181 Å². The highest BCUT2D eigenvalue weighted by atomic mass is 32.2. The Morgan fingerprint density at radius 3 is 2.77 bits per heavy atom. The minimum atomic E-state index is -4.55. The van der Waals surface area contributed by atoms with Crippen LogP contribution < -0.4 is 5.32 Å². The second-order valence-corrected chi connectivity index (χ2v) is 11.1. The van der Waals surface area contributed by atoms with Crippen LogP contribution >= 0.6 is 23.5 Å². The molecule has 0 saturated carbocycles. The average Bonchev–Trinajstić information content (AvgIpc) is 3.32. The Bertz CT molecular complexity index is 1080. The van der Waals surface area contributed by atoms with Crippen molar-refractivity contribution >= 4 is 51.3 Å². The maximum Gasteiger partial charge on any atom is 0.433 e. The third-order valence-corrected chi connectivity index (χ3v) is 9.92. The van der Waals surface area contributed by atoms with Crippen molar-refractivity contribution < 1.29 is 22.2 Å². The Morgan fingerprint density at radius 2 is 2.13 bits per heavy atom. The number of nitrogens with one attached hydrogen (secondary N) is 1. The lowest BCUT2D eigenvalue weighted by atomic mass is 10.2. The van der Waals surface area contributed by atoms with Crippen LogP contribution in [0.4, 0.5) is 13.2 Å². The second-order valence-electron chi connectivity index (χ2n) is 7.01. The number of carbonyl (C=O) groups is 1. The van der Waals surface area contributed by atoms with Gasteiger partial charge in [0.1, 0.15) is 11.5 Å². The zero-order valence-corrected chi connectivity index (χ0v) is 18.8. The monoisotopic (exact) mass is 476 g/mol. The topological polar surface area (TPSA) is 76.9 Å². The van der Waals surface area contributed by atoms with Crippen LogP contribution in [0, 0.1) is 0 Å².